The van der Waals surface area contributed by atoms with Gasteiger partial charge in [-0.05, 0) is 47.4 Å². The van der Waals surface area contributed by atoms with Crippen LogP contribution in [0.15, 0.2) is 83.8 Å². The maximum Gasteiger partial charge on any atom is 0.325 e. The normalized spacial score (nSPS) is 19.9. The number of carboxylic acids is 2. The summed E-state index contributed by atoms with van der Waals surface area (Å²) < 4.78 is 27.6. The van der Waals surface area contributed by atoms with E-state index in [0.29, 0.717) is 14.9 Å². The highest BCUT2D eigenvalue weighted by Crippen LogP contribution is 2.57. The van der Waals surface area contributed by atoms with Crippen molar-refractivity contribution < 1.29 is 28.2 Å². The number of halogens is 1. The molecule has 1 fully saturated rings. The Hall–Kier alpha value is -3.20. The van der Waals surface area contributed by atoms with Gasteiger partial charge >= 0.3 is 11.9 Å². The van der Waals surface area contributed by atoms with Crippen molar-refractivity contribution in [2.24, 2.45) is 0 Å². The van der Waals surface area contributed by atoms with Crippen LogP contribution in [-0.2, 0) is 19.6 Å². The third kappa shape index (κ3) is 4.25. The van der Waals surface area contributed by atoms with E-state index in [4.69, 9.17) is 11.6 Å². The molecule has 0 amide bonds. The van der Waals surface area contributed by atoms with E-state index in [1.807, 2.05) is 0 Å². The smallest absolute Gasteiger partial charge is 0.325 e. The molecule has 1 saturated carbocycles. The summed E-state index contributed by atoms with van der Waals surface area (Å²) in [6, 6.07) is 21.5. The summed E-state index contributed by atoms with van der Waals surface area (Å²) in [4.78, 5) is 23.7. The highest BCUT2D eigenvalue weighted by molar-refractivity contribution is 7.89. The molecule has 2 atom stereocenters. The van der Waals surface area contributed by atoms with Crippen LogP contribution in [0.4, 0.5) is 0 Å². The quantitative estimate of drug-likeness (QED) is 0.497. The fourth-order valence-corrected chi connectivity index (χ4v) is 5.95. The summed E-state index contributed by atoms with van der Waals surface area (Å²) >= 11 is 5.91. The summed E-state index contributed by atoms with van der Waals surface area (Å²) in [5, 5.41) is 20.0. The van der Waals surface area contributed by atoms with Gasteiger partial charge in [-0.2, -0.15) is 4.31 Å². The molecule has 1 aliphatic rings. The summed E-state index contributed by atoms with van der Waals surface area (Å²) in [6.45, 7) is -0.961. The number of sulfonamides is 1. The standard InChI is InChI=1S/C24H20ClNO6S/c25-19-10-6-16(7-11-19)17-8-12-20(13-9-17)33(31,32)26(15-22(27)28)24(23(29)30)14-21(24)18-4-2-1-3-5-18/h1-13,21H,14-15H2,(H,27,28)(H,29,30)/t21-,24+/m0/s1. The number of benzene rings is 3. The highest BCUT2D eigenvalue weighted by atomic mass is 35.5. The number of hydrogen-bond donors (Lipinski definition) is 2. The monoisotopic (exact) mass is 485 g/mol. The molecule has 7 nitrogen and oxygen atoms in total. The van der Waals surface area contributed by atoms with Gasteiger partial charge in [-0.25, -0.2) is 8.42 Å². The SMILES string of the molecule is O=C(O)CN([C@]1(C(=O)O)C[C@H]1c1ccccc1)S(=O)(=O)c1ccc(-c2ccc(Cl)cc2)cc1. The predicted octanol–water partition coefficient (Wildman–Crippen LogP) is 4.09. The lowest BCUT2D eigenvalue weighted by Gasteiger charge is -2.28. The van der Waals surface area contributed by atoms with Gasteiger partial charge < -0.3 is 10.2 Å². The van der Waals surface area contributed by atoms with Gasteiger partial charge in [-0.3, -0.25) is 9.59 Å². The molecule has 3 aromatic rings. The largest absolute Gasteiger partial charge is 0.480 e. The number of carbonyl (C=O) groups is 2. The molecular formula is C24H20ClNO6S. The molecular weight excluding hydrogens is 466 g/mol. The molecule has 2 N–H and O–H groups in total. The molecule has 9 heteroatoms. The number of rotatable bonds is 8. The van der Waals surface area contributed by atoms with Gasteiger partial charge in [0.25, 0.3) is 0 Å². The average molecular weight is 486 g/mol. The van der Waals surface area contributed by atoms with Crippen molar-refractivity contribution in [1.82, 2.24) is 4.31 Å². The minimum atomic E-state index is -4.43. The van der Waals surface area contributed by atoms with Crippen molar-refractivity contribution in [2.75, 3.05) is 6.54 Å². The van der Waals surface area contributed by atoms with Gasteiger partial charge in [-0.1, -0.05) is 66.2 Å². The molecule has 0 bridgehead atoms. The van der Waals surface area contributed by atoms with Crippen LogP contribution in [0.3, 0.4) is 0 Å². The first-order valence-electron chi connectivity index (χ1n) is 10.1. The van der Waals surface area contributed by atoms with Gasteiger partial charge in [0.1, 0.15) is 12.1 Å². The Morgan fingerprint density at radius 2 is 1.45 bits per heavy atom. The van der Waals surface area contributed by atoms with E-state index in [1.54, 1.807) is 66.7 Å². The molecule has 0 radical (unpaired) electrons. The Morgan fingerprint density at radius 1 is 0.909 bits per heavy atom. The second-order valence-electron chi connectivity index (χ2n) is 7.83. The van der Waals surface area contributed by atoms with Crippen molar-refractivity contribution in [3.8, 4) is 11.1 Å². The van der Waals surface area contributed by atoms with Gasteiger partial charge in [-0.15, -0.1) is 0 Å². The first-order valence-corrected chi connectivity index (χ1v) is 11.9. The summed E-state index contributed by atoms with van der Waals surface area (Å²) in [6.07, 6.45) is -0.0122. The van der Waals surface area contributed by atoms with Crippen LogP contribution < -0.4 is 0 Å². The maximum absolute atomic E-state index is 13.5. The lowest BCUT2D eigenvalue weighted by molar-refractivity contribution is -0.145. The minimum Gasteiger partial charge on any atom is -0.480 e. The zero-order chi connectivity index (χ0) is 23.8. The molecule has 0 unspecified atom stereocenters. The van der Waals surface area contributed by atoms with Gasteiger partial charge in [0.2, 0.25) is 10.0 Å². The highest BCUT2D eigenvalue weighted by Gasteiger charge is 2.68. The van der Waals surface area contributed by atoms with Gasteiger partial charge in [0, 0.05) is 10.9 Å². The Kier molecular flexibility index (Phi) is 6.00. The number of hydrogen-bond acceptors (Lipinski definition) is 4. The zero-order valence-electron chi connectivity index (χ0n) is 17.3. The fourth-order valence-electron chi connectivity index (χ4n) is 4.10. The van der Waals surface area contributed by atoms with Crippen molar-refractivity contribution in [2.45, 2.75) is 22.8 Å². The van der Waals surface area contributed by atoms with Crippen molar-refractivity contribution in [3.63, 3.8) is 0 Å². The van der Waals surface area contributed by atoms with Crippen LogP contribution in [0.1, 0.15) is 17.9 Å². The van der Waals surface area contributed by atoms with Gasteiger partial charge in [0.15, 0.2) is 0 Å². The topological polar surface area (TPSA) is 112 Å². The number of aliphatic carboxylic acids is 2. The molecule has 170 valence electrons. The molecule has 0 spiro atoms. The second kappa shape index (κ2) is 8.62. The van der Waals surface area contributed by atoms with E-state index >= 15 is 0 Å². The number of carboxylic acid groups (broad SMARTS) is 2. The Labute approximate surface area is 195 Å². The molecule has 3 aromatic carbocycles. The minimum absolute atomic E-state index is 0.0122. The lowest BCUT2D eigenvalue weighted by Crippen LogP contribution is -2.50. The van der Waals surface area contributed by atoms with E-state index in [0.717, 1.165) is 11.1 Å². The van der Waals surface area contributed by atoms with Crippen LogP contribution in [0, 0.1) is 0 Å². The van der Waals surface area contributed by atoms with E-state index < -0.39 is 40.0 Å². The first kappa shape index (κ1) is 23.0. The van der Waals surface area contributed by atoms with E-state index in [9.17, 15) is 28.2 Å². The zero-order valence-corrected chi connectivity index (χ0v) is 18.8. The van der Waals surface area contributed by atoms with E-state index in [-0.39, 0.29) is 11.3 Å². The Morgan fingerprint density at radius 3 is 1.97 bits per heavy atom. The van der Waals surface area contributed by atoms with E-state index in [1.165, 1.54) is 12.1 Å². The van der Waals surface area contributed by atoms with Crippen molar-refractivity contribution >= 4 is 33.6 Å². The van der Waals surface area contributed by atoms with Crippen LogP contribution >= 0.6 is 11.6 Å². The van der Waals surface area contributed by atoms with E-state index in [2.05, 4.69) is 0 Å². The molecule has 33 heavy (non-hydrogen) atoms. The van der Waals surface area contributed by atoms with Gasteiger partial charge in [0.05, 0.1) is 4.90 Å². The van der Waals surface area contributed by atoms with Crippen molar-refractivity contribution in [3.05, 3.63) is 89.4 Å². The third-order valence-corrected chi connectivity index (χ3v) is 8.00. The molecule has 0 aromatic heterocycles. The Balaban J connectivity index is 1.73. The van der Waals surface area contributed by atoms with Crippen LogP contribution in [0.2, 0.25) is 5.02 Å². The average Bonchev–Trinajstić information content (AvgIpc) is 3.55. The maximum atomic E-state index is 13.5. The molecule has 0 heterocycles. The van der Waals surface area contributed by atoms with Crippen LogP contribution in [0.25, 0.3) is 11.1 Å². The van der Waals surface area contributed by atoms with Crippen LogP contribution in [0.5, 0.6) is 0 Å². The predicted molar refractivity (Wildman–Crippen MR) is 123 cm³/mol. The summed E-state index contributed by atoms with van der Waals surface area (Å²) in [7, 11) is -4.43. The van der Waals surface area contributed by atoms with Crippen LogP contribution in [-0.4, -0.2) is 47.0 Å². The Bertz CT molecular complexity index is 1290. The summed E-state index contributed by atoms with van der Waals surface area (Å²) in [5.74, 6) is -3.46. The second-order valence-corrected chi connectivity index (χ2v) is 10.1. The molecule has 1 aliphatic carbocycles. The first-order chi connectivity index (χ1) is 15.7. The number of nitrogens with zero attached hydrogens (tertiary/aromatic N) is 1. The lowest BCUT2D eigenvalue weighted by atomic mass is 10.1. The third-order valence-electron chi connectivity index (χ3n) is 5.85. The molecule has 0 aliphatic heterocycles. The summed E-state index contributed by atoms with van der Waals surface area (Å²) in [5.41, 5.74) is 0.326. The van der Waals surface area contributed by atoms with Crippen molar-refractivity contribution in [1.29, 1.82) is 0 Å². The fraction of sp³-hybridized carbons (Fsp3) is 0.167. The molecule has 4 rings (SSSR count). The molecule has 0 saturated heterocycles.